The van der Waals surface area contributed by atoms with E-state index in [1.807, 2.05) is 24.3 Å². The van der Waals surface area contributed by atoms with Gasteiger partial charge in [-0.2, -0.15) is 0 Å². The van der Waals surface area contributed by atoms with Gasteiger partial charge in [0.15, 0.2) is 0 Å². The summed E-state index contributed by atoms with van der Waals surface area (Å²) in [6.45, 7) is 2.37. The molecule has 1 aliphatic rings. The van der Waals surface area contributed by atoms with Gasteiger partial charge in [0.2, 0.25) is 5.91 Å². The van der Waals surface area contributed by atoms with Gasteiger partial charge in [-0.1, -0.05) is 36.4 Å². The zero-order valence-electron chi connectivity index (χ0n) is 13.4. The molecule has 1 heterocycles. The molecule has 1 saturated heterocycles. The lowest BCUT2D eigenvalue weighted by Gasteiger charge is -2.12. The molecule has 0 aliphatic carbocycles. The predicted molar refractivity (Wildman–Crippen MR) is 92.7 cm³/mol. The first kappa shape index (κ1) is 15.8. The first-order chi connectivity index (χ1) is 11.3. The molecule has 1 aliphatic heterocycles. The van der Waals surface area contributed by atoms with Crippen molar-refractivity contribution in [3.05, 3.63) is 42.5 Å². The average Bonchev–Trinajstić information content (AvgIpc) is 3.10. The topological polar surface area (TPSA) is 50.4 Å². The van der Waals surface area contributed by atoms with E-state index in [0.717, 1.165) is 37.1 Å². The first-order valence-electron chi connectivity index (χ1n) is 8.43. The van der Waals surface area contributed by atoms with E-state index in [1.54, 1.807) is 0 Å². The third-order valence-electron chi connectivity index (χ3n) is 4.26. The summed E-state index contributed by atoms with van der Waals surface area (Å²) in [5, 5.41) is 8.66. The summed E-state index contributed by atoms with van der Waals surface area (Å²) in [4.78, 5) is 11.8. The molecule has 0 bridgehead atoms. The molecule has 1 amide bonds. The summed E-state index contributed by atoms with van der Waals surface area (Å²) in [6, 6.07) is 14.7. The molecule has 1 fully saturated rings. The number of ether oxygens (including phenoxy) is 1. The number of fused-ring (bicyclic) bond motifs is 1. The van der Waals surface area contributed by atoms with Gasteiger partial charge in [-0.25, -0.2) is 0 Å². The highest BCUT2D eigenvalue weighted by atomic mass is 16.5. The van der Waals surface area contributed by atoms with Crippen LogP contribution in [0, 0.1) is 0 Å². The number of rotatable bonds is 7. The van der Waals surface area contributed by atoms with Crippen LogP contribution < -0.4 is 15.4 Å². The van der Waals surface area contributed by atoms with E-state index in [0.29, 0.717) is 19.1 Å². The van der Waals surface area contributed by atoms with Crippen LogP contribution in [0.15, 0.2) is 42.5 Å². The lowest BCUT2D eigenvalue weighted by Crippen LogP contribution is -2.37. The summed E-state index contributed by atoms with van der Waals surface area (Å²) in [5.41, 5.74) is 0. The van der Waals surface area contributed by atoms with Crippen LogP contribution >= 0.6 is 0 Å². The highest BCUT2D eigenvalue weighted by molar-refractivity contribution is 5.88. The minimum absolute atomic E-state index is 0.111. The molecular weight excluding hydrogens is 288 g/mol. The summed E-state index contributed by atoms with van der Waals surface area (Å²) >= 11 is 0. The molecule has 0 saturated carbocycles. The van der Waals surface area contributed by atoms with Crippen molar-refractivity contribution >= 4 is 16.7 Å². The molecule has 2 aromatic rings. The van der Waals surface area contributed by atoms with E-state index in [4.69, 9.17) is 4.74 Å². The second kappa shape index (κ2) is 7.97. The lowest BCUT2D eigenvalue weighted by molar-refractivity contribution is -0.121. The minimum atomic E-state index is 0.111. The SMILES string of the molecule is O=C(CCCOc1cccc2ccccc12)NCC1CCCN1. The third kappa shape index (κ3) is 4.45. The van der Waals surface area contributed by atoms with Crippen molar-refractivity contribution in [2.75, 3.05) is 19.7 Å². The van der Waals surface area contributed by atoms with Gasteiger partial charge < -0.3 is 15.4 Å². The van der Waals surface area contributed by atoms with Crippen molar-refractivity contribution < 1.29 is 9.53 Å². The molecule has 0 radical (unpaired) electrons. The minimum Gasteiger partial charge on any atom is -0.493 e. The Labute approximate surface area is 137 Å². The standard InChI is InChI=1S/C19H24N2O2/c22-19(21-14-16-8-4-12-20-16)11-5-13-23-18-10-3-7-15-6-1-2-9-17(15)18/h1-3,6-7,9-10,16,20H,4-5,8,11-14H2,(H,21,22). The Morgan fingerprint density at radius 3 is 2.96 bits per heavy atom. The maximum atomic E-state index is 11.8. The maximum absolute atomic E-state index is 11.8. The Bertz CT molecular complexity index is 645. The van der Waals surface area contributed by atoms with E-state index < -0.39 is 0 Å². The zero-order chi connectivity index (χ0) is 15.9. The zero-order valence-corrected chi connectivity index (χ0v) is 13.4. The molecule has 3 rings (SSSR count). The fraction of sp³-hybridized carbons (Fsp3) is 0.421. The number of carbonyl (C=O) groups is 1. The molecule has 2 N–H and O–H groups in total. The van der Waals surface area contributed by atoms with E-state index in [2.05, 4.69) is 28.8 Å². The lowest BCUT2D eigenvalue weighted by atomic mass is 10.1. The number of hydrogen-bond acceptors (Lipinski definition) is 3. The van der Waals surface area contributed by atoms with Gasteiger partial charge in [-0.3, -0.25) is 4.79 Å². The second-order valence-corrected chi connectivity index (χ2v) is 6.03. The highest BCUT2D eigenvalue weighted by Crippen LogP contribution is 2.25. The van der Waals surface area contributed by atoms with Crippen molar-refractivity contribution in [3.63, 3.8) is 0 Å². The normalized spacial score (nSPS) is 17.3. The summed E-state index contributed by atoms with van der Waals surface area (Å²) in [6.07, 6.45) is 3.61. The fourth-order valence-electron chi connectivity index (χ4n) is 2.99. The number of amides is 1. The Balaban J connectivity index is 1.39. The van der Waals surface area contributed by atoms with Gasteiger partial charge in [0.1, 0.15) is 5.75 Å². The van der Waals surface area contributed by atoms with Gasteiger partial charge in [0, 0.05) is 24.4 Å². The van der Waals surface area contributed by atoms with E-state index in [9.17, 15) is 4.79 Å². The number of hydrogen-bond donors (Lipinski definition) is 2. The summed E-state index contributed by atoms with van der Waals surface area (Å²) in [7, 11) is 0. The largest absolute Gasteiger partial charge is 0.493 e. The van der Waals surface area contributed by atoms with Gasteiger partial charge in [-0.15, -0.1) is 0 Å². The molecule has 1 unspecified atom stereocenters. The van der Waals surface area contributed by atoms with Crippen molar-refractivity contribution in [2.24, 2.45) is 0 Å². The monoisotopic (exact) mass is 312 g/mol. The van der Waals surface area contributed by atoms with Crippen LogP contribution in [0.3, 0.4) is 0 Å². The maximum Gasteiger partial charge on any atom is 0.220 e. The third-order valence-corrected chi connectivity index (χ3v) is 4.26. The quantitative estimate of drug-likeness (QED) is 0.773. The van der Waals surface area contributed by atoms with Crippen LogP contribution in [0.25, 0.3) is 10.8 Å². The van der Waals surface area contributed by atoms with Crippen molar-refractivity contribution in [3.8, 4) is 5.75 Å². The smallest absolute Gasteiger partial charge is 0.220 e. The summed E-state index contributed by atoms with van der Waals surface area (Å²) < 4.78 is 5.86. The Morgan fingerprint density at radius 2 is 2.09 bits per heavy atom. The first-order valence-corrected chi connectivity index (χ1v) is 8.43. The molecular formula is C19H24N2O2. The molecule has 4 nitrogen and oxygen atoms in total. The number of nitrogens with one attached hydrogen (secondary N) is 2. The molecule has 0 spiro atoms. The molecule has 23 heavy (non-hydrogen) atoms. The van der Waals surface area contributed by atoms with Crippen LogP contribution in [0.4, 0.5) is 0 Å². The van der Waals surface area contributed by atoms with Gasteiger partial charge in [-0.05, 0) is 37.3 Å². The molecule has 1 atom stereocenters. The van der Waals surface area contributed by atoms with Crippen LogP contribution in [-0.2, 0) is 4.79 Å². The number of benzene rings is 2. The number of carbonyl (C=O) groups excluding carboxylic acids is 1. The van der Waals surface area contributed by atoms with Crippen LogP contribution in [-0.4, -0.2) is 31.6 Å². The predicted octanol–water partition coefficient (Wildman–Crippen LogP) is 2.87. The molecule has 4 heteroatoms. The second-order valence-electron chi connectivity index (χ2n) is 6.03. The molecule has 0 aromatic heterocycles. The average molecular weight is 312 g/mol. The van der Waals surface area contributed by atoms with Gasteiger partial charge >= 0.3 is 0 Å². The Morgan fingerprint density at radius 1 is 1.22 bits per heavy atom. The van der Waals surface area contributed by atoms with Crippen molar-refractivity contribution in [1.82, 2.24) is 10.6 Å². The van der Waals surface area contributed by atoms with Crippen molar-refractivity contribution in [1.29, 1.82) is 0 Å². The Kier molecular flexibility index (Phi) is 5.48. The van der Waals surface area contributed by atoms with Crippen LogP contribution in [0.2, 0.25) is 0 Å². The van der Waals surface area contributed by atoms with E-state index in [-0.39, 0.29) is 5.91 Å². The van der Waals surface area contributed by atoms with Gasteiger partial charge in [0.05, 0.1) is 6.61 Å². The van der Waals surface area contributed by atoms with Crippen LogP contribution in [0.5, 0.6) is 5.75 Å². The van der Waals surface area contributed by atoms with Crippen LogP contribution in [0.1, 0.15) is 25.7 Å². The highest BCUT2D eigenvalue weighted by Gasteiger charge is 2.14. The molecule has 122 valence electrons. The Hall–Kier alpha value is -2.07. The fourth-order valence-corrected chi connectivity index (χ4v) is 2.99. The van der Waals surface area contributed by atoms with Gasteiger partial charge in [0.25, 0.3) is 0 Å². The van der Waals surface area contributed by atoms with Crippen molar-refractivity contribution in [2.45, 2.75) is 31.7 Å². The van der Waals surface area contributed by atoms with E-state index in [1.165, 1.54) is 11.8 Å². The van der Waals surface area contributed by atoms with E-state index >= 15 is 0 Å². The molecule has 2 aromatic carbocycles. The summed E-state index contributed by atoms with van der Waals surface area (Å²) in [5.74, 6) is 0.999.